The number of hydrogen-bond donors (Lipinski definition) is 1. The third-order valence-corrected chi connectivity index (χ3v) is 6.44. The van der Waals surface area contributed by atoms with Gasteiger partial charge in [-0.15, -0.1) is 0 Å². The molecule has 0 saturated carbocycles. The highest BCUT2D eigenvalue weighted by Gasteiger charge is 2.24. The summed E-state index contributed by atoms with van der Waals surface area (Å²) in [6.45, 7) is 13.1. The van der Waals surface area contributed by atoms with Gasteiger partial charge in [0.25, 0.3) is 0 Å². The van der Waals surface area contributed by atoms with Crippen molar-refractivity contribution in [3.05, 3.63) is 23.8 Å². The molecule has 0 aliphatic carbocycles. The van der Waals surface area contributed by atoms with E-state index < -0.39 is 30.1 Å². The number of hydrogen-bond acceptors (Lipinski definition) is 9. The third-order valence-electron chi connectivity index (χ3n) is 6.44. The lowest BCUT2D eigenvalue weighted by Crippen LogP contribution is -2.37. The maximum atomic E-state index is 12.6. The Labute approximate surface area is 233 Å². The smallest absolute Gasteiger partial charge is 0.323 e. The molecular formula is C30H47NO8. The van der Waals surface area contributed by atoms with E-state index in [0.29, 0.717) is 24.8 Å². The molecular weight excluding hydrogens is 502 g/mol. The second-order valence-electron chi connectivity index (χ2n) is 10.5. The predicted molar refractivity (Wildman–Crippen MR) is 148 cm³/mol. The minimum Gasteiger partial charge on any atom is -0.462 e. The molecule has 0 heterocycles. The molecule has 0 aromatic heterocycles. The summed E-state index contributed by atoms with van der Waals surface area (Å²) in [5.74, 6) is -2.03. The van der Waals surface area contributed by atoms with Gasteiger partial charge in [0.1, 0.15) is 18.8 Å². The number of carbonyl (C=O) groups is 4. The Kier molecular flexibility index (Phi) is 15.4. The van der Waals surface area contributed by atoms with Crippen molar-refractivity contribution in [2.24, 2.45) is 23.5 Å². The summed E-state index contributed by atoms with van der Waals surface area (Å²) < 4.78 is 21.7. The van der Waals surface area contributed by atoms with Crippen molar-refractivity contribution in [3.8, 4) is 11.5 Å². The lowest BCUT2D eigenvalue weighted by molar-refractivity contribution is -0.159. The molecule has 0 bridgehead atoms. The zero-order valence-electron chi connectivity index (χ0n) is 24.6. The molecule has 39 heavy (non-hydrogen) atoms. The molecule has 1 rings (SSSR count). The van der Waals surface area contributed by atoms with Crippen LogP contribution in [0.15, 0.2) is 18.2 Å². The molecule has 9 nitrogen and oxygen atoms in total. The van der Waals surface area contributed by atoms with E-state index in [0.717, 1.165) is 19.3 Å². The van der Waals surface area contributed by atoms with Gasteiger partial charge in [-0.05, 0) is 49.8 Å². The molecule has 9 heteroatoms. The first-order chi connectivity index (χ1) is 18.4. The molecule has 1 aromatic rings. The van der Waals surface area contributed by atoms with Crippen LogP contribution in [0.4, 0.5) is 0 Å². The molecule has 5 atom stereocenters. The number of carbonyl (C=O) groups excluding carboxylic acids is 4. The Hall–Kier alpha value is -2.94. The molecule has 1 aromatic carbocycles. The van der Waals surface area contributed by atoms with Crippen molar-refractivity contribution in [2.75, 3.05) is 6.61 Å². The van der Waals surface area contributed by atoms with Crippen LogP contribution in [-0.4, -0.2) is 42.6 Å². The Bertz CT molecular complexity index is 947. The highest BCUT2D eigenvalue weighted by molar-refractivity contribution is 5.79. The molecule has 0 amide bonds. The molecule has 220 valence electrons. The van der Waals surface area contributed by atoms with Crippen molar-refractivity contribution in [1.82, 2.24) is 0 Å². The number of ether oxygens (including phenoxy) is 4. The Morgan fingerprint density at radius 3 is 1.92 bits per heavy atom. The fourth-order valence-electron chi connectivity index (χ4n) is 3.72. The third kappa shape index (κ3) is 12.6. The van der Waals surface area contributed by atoms with Gasteiger partial charge in [-0.1, -0.05) is 66.9 Å². The molecule has 0 aliphatic rings. The minimum absolute atomic E-state index is 0.0553. The van der Waals surface area contributed by atoms with Crippen LogP contribution in [0.1, 0.15) is 92.6 Å². The second-order valence-corrected chi connectivity index (χ2v) is 10.5. The van der Waals surface area contributed by atoms with Crippen LogP contribution in [0, 0.1) is 17.8 Å². The average Bonchev–Trinajstić information content (AvgIpc) is 2.88. The van der Waals surface area contributed by atoms with Crippen LogP contribution in [-0.2, 0) is 35.1 Å². The van der Waals surface area contributed by atoms with Gasteiger partial charge in [-0.25, -0.2) is 0 Å². The normalized spacial score (nSPS) is 14.9. The molecule has 0 spiro atoms. The fourth-order valence-corrected chi connectivity index (χ4v) is 3.72. The van der Waals surface area contributed by atoms with E-state index in [-0.39, 0.29) is 48.2 Å². The first-order valence-electron chi connectivity index (χ1n) is 14.1. The summed E-state index contributed by atoms with van der Waals surface area (Å²) in [4.78, 5) is 49.6. The van der Waals surface area contributed by atoms with E-state index >= 15 is 0 Å². The van der Waals surface area contributed by atoms with Gasteiger partial charge in [0.15, 0.2) is 11.5 Å². The van der Waals surface area contributed by atoms with Crippen molar-refractivity contribution >= 4 is 23.9 Å². The largest absolute Gasteiger partial charge is 0.462 e. The van der Waals surface area contributed by atoms with Crippen LogP contribution in [0.5, 0.6) is 11.5 Å². The summed E-state index contributed by atoms with van der Waals surface area (Å²) in [5, 5.41) is 0. The maximum Gasteiger partial charge on any atom is 0.323 e. The average molecular weight is 550 g/mol. The van der Waals surface area contributed by atoms with Gasteiger partial charge < -0.3 is 24.7 Å². The monoisotopic (exact) mass is 549 g/mol. The molecule has 0 aliphatic heterocycles. The van der Waals surface area contributed by atoms with Crippen molar-refractivity contribution < 1.29 is 38.1 Å². The lowest BCUT2D eigenvalue weighted by atomic mass is 10.0. The fraction of sp³-hybridized carbons (Fsp3) is 0.667. The van der Waals surface area contributed by atoms with E-state index in [1.165, 1.54) is 6.07 Å². The minimum atomic E-state index is -1.01. The van der Waals surface area contributed by atoms with Crippen LogP contribution in [0.2, 0.25) is 0 Å². The number of esters is 4. The molecule has 0 fully saturated rings. The van der Waals surface area contributed by atoms with Crippen LogP contribution < -0.4 is 15.2 Å². The predicted octanol–water partition coefficient (Wildman–Crippen LogP) is 5.15. The van der Waals surface area contributed by atoms with Crippen molar-refractivity contribution in [3.63, 3.8) is 0 Å². The van der Waals surface area contributed by atoms with Gasteiger partial charge in [0.05, 0.1) is 11.8 Å². The summed E-state index contributed by atoms with van der Waals surface area (Å²) in [7, 11) is 0. The Morgan fingerprint density at radius 1 is 0.821 bits per heavy atom. The van der Waals surface area contributed by atoms with Crippen LogP contribution in [0.25, 0.3) is 0 Å². The maximum absolute atomic E-state index is 12.6. The standard InChI is InChI=1S/C30H47NO8/c1-8-11-20(5)28(33)38-25-14-13-23(17-26(25)39-29(34)21(6)12-9-2)16-24(31)30(35)37-22(7)18-36-27(32)15-19(4)10-3/h13-14,17,19-22,24H,8-12,15-16,18,31H2,1-7H3/t19?,20?,21?,22-,24-/m0/s1. The molecule has 3 unspecified atom stereocenters. The van der Waals surface area contributed by atoms with E-state index in [4.69, 9.17) is 24.7 Å². The summed E-state index contributed by atoms with van der Waals surface area (Å²) in [6, 6.07) is 3.74. The van der Waals surface area contributed by atoms with Crippen molar-refractivity contribution in [2.45, 2.75) is 106 Å². The van der Waals surface area contributed by atoms with Gasteiger partial charge in [0, 0.05) is 6.42 Å². The highest BCUT2D eigenvalue weighted by atomic mass is 16.6. The van der Waals surface area contributed by atoms with Crippen LogP contribution in [0.3, 0.4) is 0 Å². The SMILES string of the molecule is CCCC(C)C(=O)Oc1ccc(C[C@H](N)C(=O)O[C@@H](C)COC(=O)CC(C)CC)cc1OC(=O)C(C)CCC. The summed E-state index contributed by atoms with van der Waals surface area (Å²) in [5.41, 5.74) is 6.69. The van der Waals surface area contributed by atoms with Gasteiger partial charge >= 0.3 is 23.9 Å². The first kappa shape index (κ1) is 34.1. The highest BCUT2D eigenvalue weighted by Crippen LogP contribution is 2.31. The van der Waals surface area contributed by atoms with Crippen molar-refractivity contribution in [1.29, 1.82) is 0 Å². The number of nitrogens with two attached hydrogens (primary N) is 1. The number of benzene rings is 1. The van der Waals surface area contributed by atoms with E-state index in [1.54, 1.807) is 32.9 Å². The van der Waals surface area contributed by atoms with E-state index in [2.05, 4.69) is 0 Å². The topological polar surface area (TPSA) is 131 Å². The lowest BCUT2D eigenvalue weighted by Gasteiger charge is -2.19. The molecule has 0 saturated heterocycles. The summed E-state index contributed by atoms with van der Waals surface area (Å²) in [6.07, 6.45) is 3.59. The quantitative estimate of drug-likeness (QED) is 0.207. The Morgan fingerprint density at radius 2 is 1.38 bits per heavy atom. The van der Waals surface area contributed by atoms with Gasteiger partial charge in [0.2, 0.25) is 0 Å². The zero-order valence-corrected chi connectivity index (χ0v) is 24.6. The number of rotatable bonds is 17. The second kappa shape index (κ2) is 17.6. The summed E-state index contributed by atoms with van der Waals surface area (Å²) >= 11 is 0. The first-order valence-corrected chi connectivity index (χ1v) is 14.1. The molecule has 2 N–H and O–H groups in total. The van der Waals surface area contributed by atoms with E-state index in [1.807, 2.05) is 27.7 Å². The van der Waals surface area contributed by atoms with Gasteiger partial charge in [-0.3, -0.25) is 19.2 Å². The zero-order chi connectivity index (χ0) is 29.5. The van der Waals surface area contributed by atoms with Crippen LogP contribution >= 0.6 is 0 Å². The Balaban J connectivity index is 2.91. The van der Waals surface area contributed by atoms with E-state index in [9.17, 15) is 19.2 Å². The molecule has 0 radical (unpaired) electrons. The van der Waals surface area contributed by atoms with Gasteiger partial charge in [-0.2, -0.15) is 0 Å².